The number of ether oxygens (including phenoxy) is 1. The largest absolute Gasteiger partial charge is 0.376 e. The van der Waals surface area contributed by atoms with Gasteiger partial charge in [-0.25, -0.2) is 13.4 Å². The van der Waals surface area contributed by atoms with Gasteiger partial charge in [0.15, 0.2) is 0 Å². The van der Waals surface area contributed by atoms with E-state index in [4.69, 9.17) is 4.74 Å². The van der Waals surface area contributed by atoms with Crippen molar-refractivity contribution in [3.05, 3.63) is 42.0 Å². The zero-order valence-electron chi connectivity index (χ0n) is 15.3. The van der Waals surface area contributed by atoms with Crippen LogP contribution in [0.15, 0.2) is 35.9 Å². The molecule has 0 radical (unpaired) electrons. The van der Waals surface area contributed by atoms with Crippen molar-refractivity contribution in [3.8, 4) is 0 Å². The van der Waals surface area contributed by atoms with E-state index in [1.165, 1.54) is 11.8 Å². The zero-order valence-corrected chi connectivity index (χ0v) is 16.2. The number of aromatic nitrogens is 3. The lowest BCUT2D eigenvalue weighted by Gasteiger charge is -2.22. The Hall–Kier alpha value is -1.77. The van der Waals surface area contributed by atoms with Crippen LogP contribution in [0.2, 0.25) is 0 Å². The van der Waals surface area contributed by atoms with Gasteiger partial charge in [-0.1, -0.05) is 6.92 Å². The van der Waals surface area contributed by atoms with Crippen molar-refractivity contribution in [1.29, 1.82) is 0 Å². The third-order valence-electron chi connectivity index (χ3n) is 4.63. The molecule has 1 atom stereocenters. The van der Waals surface area contributed by atoms with Crippen LogP contribution in [0.5, 0.6) is 0 Å². The number of imidazole rings is 1. The molecule has 0 bridgehead atoms. The van der Waals surface area contributed by atoms with Crippen LogP contribution < -0.4 is 0 Å². The second-order valence-electron chi connectivity index (χ2n) is 6.71. The molecule has 142 valence electrons. The van der Waals surface area contributed by atoms with Crippen LogP contribution in [0.3, 0.4) is 0 Å². The van der Waals surface area contributed by atoms with Crippen molar-refractivity contribution in [1.82, 2.24) is 19.4 Å². The molecule has 1 saturated heterocycles. The average Bonchev–Trinajstić information content (AvgIpc) is 3.25. The maximum absolute atomic E-state index is 12.1. The van der Waals surface area contributed by atoms with E-state index in [1.807, 2.05) is 16.7 Å². The minimum absolute atomic E-state index is 0.0544. The van der Waals surface area contributed by atoms with E-state index in [-0.39, 0.29) is 11.3 Å². The maximum Gasteiger partial charge on any atom is 0.227 e. The van der Waals surface area contributed by atoms with Crippen molar-refractivity contribution in [2.45, 2.75) is 50.7 Å². The molecule has 0 aromatic carbocycles. The highest BCUT2D eigenvalue weighted by Crippen LogP contribution is 2.20. The van der Waals surface area contributed by atoms with E-state index in [2.05, 4.69) is 21.8 Å². The molecule has 2 aromatic heterocycles. The molecule has 8 heteroatoms. The topological polar surface area (TPSA) is 77.3 Å². The second kappa shape index (κ2) is 8.28. The lowest BCUT2D eigenvalue weighted by atomic mass is 10.2. The van der Waals surface area contributed by atoms with Gasteiger partial charge in [0, 0.05) is 38.3 Å². The Kier molecular flexibility index (Phi) is 6.05. The van der Waals surface area contributed by atoms with E-state index in [1.54, 1.807) is 18.6 Å². The van der Waals surface area contributed by atoms with Crippen molar-refractivity contribution in [2.75, 3.05) is 19.4 Å². The van der Waals surface area contributed by atoms with Crippen molar-refractivity contribution < 1.29 is 13.2 Å². The first-order chi connectivity index (χ1) is 12.5. The molecule has 1 aliphatic heterocycles. The van der Waals surface area contributed by atoms with Gasteiger partial charge in [0.25, 0.3) is 0 Å². The highest BCUT2D eigenvalue weighted by Gasteiger charge is 2.24. The number of pyridine rings is 1. The van der Waals surface area contributed by atoms with E-state index < -0.39 is 9.84 Å². The van der Waals surface area contributed by atoms with E-state index in [0.717, 1.165) is 38.2 Å². The smallest absolute Gasteiger partial charge is 0.227 e. The van der Waals surface area contributed by atoms with Gasteiger partial charge < -0.3 is 9.30 Å². The molecule has 7 nitrogen and oxygen atoms in total. The van der Waals surface area contributed by atoms with Crippen molar-refractivity contribution in [2.24, 2.45) is 0 Å². The van der Waals surface area contributed by atoms with E-state index in [0.29, 0.717) is 13.1 Å². The number of hydrogen-bond acceptors (Lipinski definition) is 6. The zero-order chi connectivity index (χ0) is 18.6. The minimum Gasteiger partial charge on any atom is -0.376 e. The normalized spacial score (nSPS) is 17.9. The fraction of sp³-hybridized carbons (Fsp3) is 0.556. The summed E-state index contributed by atoms with van der Waals surface area (Å²) in [5, 5.41) is 0.128. The van der Waals surface area contributed by atoms with E-state index >= 15 is 0 Å². The summed E-state index contributed by atoms with van der Waals surface area (Å²) in [6.45, 7) is 5.63. The molecule has 3 rings (SSSR count). The van der Waals surface area contributed by atoms with Crippen LogP contribution >= 0.6 is 0 Å². The number of rotatable bonds is 8. The van der Waals surface area contributed by atoms with Gasteiger partial charge in [-0.3, -0.25) is 9.88 Å². The Morgan fingerprint density at radius 2 is 2.08 bits per heavy atom. The summed E-state index contributed by atoms with van der Waals surface area (Å²) in [5.41, 5.74) is 2.08. The molecule has 1 fully saturated rings. The first kappa shape index (κ1) is 19.0. The summed E-state index contributed by atoms with van der Waals surface area (Å²) >= 11 is 0. The summed E-state index contributed by atoms with van der Waals surface area (Å²) in [4.78, 5) is 10.5. The first-order valence-electron chi connectivity index (χ1n) is 8.94. The Balaban J connectivity index is 1.82. The van der Waals surface area contributed by atoms with Crippen LogP contribution in [0.25, 0.3) is 0 Å². The van der Waals surface area contributed by atoms with Crippen LogP contribution in [0.4, 0.5) is 0 Å². The van der Waals surface area contributed by atoms with Gasteiger partial charge in [-0.15, -0.1) is 0 Å². The molecule has 0 aliphatic carbocycles. The van der Waals surface area contributed by atoms with Gasteiger partial charge in [-0.2, -0.15) is 0 Å². The van der Waals surface area contributed by atoms with Gasteiger partial charge in [-0.05, 0) is 37.1 Å². The standard InChI is InChI=1S/C18H26N4O3S/c1-3-21(12-15-6-8-19-9-7-15)13-16-11-20-18(26(2,23)24)22(16)14-17-5-4-10-25-17/h6-9,11,17H,3-5,10,12-14H2,1-2H3. The van der Waals surface area contributed by atoms with E-state index in [9.17, 15) is 8.42 Å². The highest BCUT2D eigenvalue weighted by atomic mass is 32.2. The fourth-order valence-electron chi connectivity index (χ4n) is 3.26. The highest BCUT2D eigenvalue weighted by molar-refractivity contribution is 7.90. The molecule has 0 saturated carbocycles. The second-order valence-corrected chi connectivity index (χ2v) is 8.62. The number of hydrogen-bond donors (Lipinski definition) is 0. The predicted octanol–water partition coefficient (Wildman–Crippen LogP) is 1.88. The van der Waals surface area contributed by atoms with Crippen LogP contribution in [0.1, 0.15) is 31.0 Å². The number of nitrogens with zero attached hydrogens (tertiary/aromatic N) is 4. The van der Waals surface area contributed by atoms with Crippen molar-refractivity contribution in [3.63, 3.8) is 0 Å². The minimum atomic E-state index is -3.39. The van der Waals surface area contributed by atoms with Crippen LogP contribution in [0, 0.1) is 0 Å². The summed E-state index contributed by atoms with van der Waals surface area (Å²) in [7, 11) is -3.39. The molecule has 1 unspecified atom stereocenters. The summed E-state index contributed by atoms with van der Waals surface area (Å²) in [6, 6.07) is 3.99. The molecule has 1 aliphatic rings. The maximum atomic E-state index is 12.1. The summed E-state index contributed by atoms with van der Waals surface area (Å²) in [6.07, 6.45) is 8.49. The quantitative estimate of drug-likeness (QED) is 0.698. The summed E-state index contributed by atoms with van der Waals surface area (Å²) in [5.74, 6) is 0. The molecular weight excluding hydrogens is 352 g/mol. The Labute approximate surface area is 154 Å². The fourth-order valence-corrected chi connectivity index (χ4v) is 4.09. The molecule has 26 heavy (non-hydrogen) atoms. The van der Waals surface area contributed by atoms with Crippen LogP contribution in [-0.4, -0.2) is 53.4 Å². The Bertz CT molecular complexity index is 814. The lowest BCUT2D eigenvalue weighted by Crippen LogP contribution is -2.26. The summed E-state index contributed by atoms with van der Waals surface area (Å²) < 4.78 is 31.8. The van der Waals surface area contributed by atoms with Crippen molar-refractivity contribution >= 4 is 9.84 Å². The average molecular weight is 378 g/mol. The Morgan fingerprint density at radius 1 is 1.31 bits per heavy atom. The SMILES string of the molecule is CCN(Cc1ccncc1)Cc1cnc(S(C)(=O)=O)n1CC1CCCO1. The monoisotopic (exact) mass is 378 g/mol. The van der Waals surface area contributed by atoms with Gasteiger partial charge in [0.2, 0.25) is 15.0 Å². The molecule has 2 aromatic rings. The van der Waals surface area contributed by atoms with Gasteiger partial charge in [0.05, 0.1) is 24.5 Å². The molecule has 3 heterocycles. The molecular formula is C18H26N4O3S. The van der Waals surface area contributed by atoms with Gasteiger partial charge in [0.1, 0.15) is 0 Å². The molecule has 0 amide bonds. The van der Waals surface area contributed by atoms with Crippen LogP contribution in [-0.2, 0) is 34.2 Å². The third kappa shape index (κ3) is 4.69. The predicted molar refractivity (Wildman–Crippen MR) is 98.3 cm³/mol. The molecule has 0 spiro atoms. The first-order valence-corrected chi connectivity index (χ1v) is 10.8. The third-order valence-corrected chi connectivity index (χ3v) is 5.62. The Morgan fingerprint density at radius 3 is 2.69 bits per heavy atom. The number of sulfone groups is 1. The molecule has 0 N–H and O–H groups in total. The van der Waals surface area contributed by atoms with Gasteiger partial charge >= 0.3 is 0 Å². The lowest BCUT2D eigenvalue weighted by molar-refractivity contribution is 0.0932.